The molecule has 1 amide bonds. The van der Waals surface area contributed by atoms with Gasteiger partial charge in [0.25, 0.3) is 0 Å². The van der Waals surface area contributed by atoms with E-state index in [1.54, 1.807) is 36.4 Å². The summed E-state index contributed by atoms with van der Waals surface area (Å²) >= 11 is 0. The molecule has 0 aliphatic carbocycles. The van der Waals surface area contributed by atoms with Gasteiger partial charge in [0.15, 0.2) is 5.76 Å². The van der Waals surface area contributed by atoms with Crippen molar-refractivity contribution in [3.05, 3.63) is 59.5 Å². The summed E-state index contributed by atoms with van der Waals surface area (Å²) in [6.07, 6.45) is 2.90. The van der Waals surface area contributed by atoms with E-state index < -0.39 is 5.91 Å². The van der Waals surface area contributed by atoms with Crippen LogP contribution in [0, 0.1) is 11.3 Å². The van der Waals surface area contributed by atoms with Gasteiger partial charge < -0.3 is 4.42 Å². The number of nitrogens with one attached hydrogen (secondary N) is 1. The smallest absolute Gasteiger partial charge is 0.307 e. The van der Waals surface area contributed by atoms with E-state index in [-0.39, 0.29) is 5.76 Å². The first-order valence-electron chi connectivity index (χ1n) is 5.16. The van der Waals surface area contributed by atoms with E-state index >= 15 is 0 Å². The van der Waals surface area contributed by atoms with Gasteiger partial charge in [-0.15, -0.1) is 0 Å². The van der Waals surface area contributed by atoms with Crippen LogP contribution in [0.5, 0.6) is 0 Å². The van der Waals surface area contributed by atoms with Crippen LogP contribution in [0.4, 0.5) is 0 Å². The van der Waals surface area contributed by atoms with Gasteiger partial charge in [-0.1, -0.05) is 12.1 Å². The number of nitrogens with zero attached hydrogens (tertiary/aromatic N) is 2. The molecule has 2 aromatic rings. The molecule has 0 saturated carbocycles. The second-order valence-corrected chi connectivity index (χ2v) is 3.41. The molecule has 0 spiro atoms. The number of rotatable bonds is 3. The third-order valence-electron chi connectivity index (χ3n) is 2.16. The Kier molecular flexibility index (Phi) is 3.52. The Morgan fingerprint density at radius 3 is 2.72 bits per heavy atom. The van der Waals surface area contributed by atoms with E-state index in [4.69, 9.17) is 9.68 Å². The van der Waals surface area contributed by atoms with Gasteiger partial charge in [-0.25, -0.2) is 5.43 Å². The number of benzene rings is 1. The highest BCUT2D eigenvalue weighted by atomic mass is 16.3. The number of carbonyl (C=O) groups excluding carboxylic acids is 1. The molecule has 0 saturated heterocycles. The quantitative estimate of drug-likeness (QED) is 0.656. The predicted molar refractivity (Wildman–Crippen MR) is 64.9 cm³/mol. The Bertz CT molecular complexity index is 592. The van der Waals surface area contributed by atoms with Crippen LogP contribution in [0.15, 0.2) is 52.2 Å². The maximum Gasteiger partial charge on any atom is 0.307 e. The summed E-state index contributed by atoms with van der Waals surface area (Å²) in [5.74, 6) is -0.211. The molecular weight excluding hydrogens is 230 g/mol. The minimum Gasteiger partial charge on any atom is -0.459 e. The molecule has 5 nitrogen and oxygen atoms in total. The number of amides is 1. The molecular formula is C13H9N3O2. The zero-order valence-corrected chi connectivity index (χ0v) is 9.33. The van der Waals surface area contributed by atoms with Crippen molar-refractivity contribution in [3.8, 4) is 6.07 Å². The molecule has 0 aliphatic rings. The first kappa shape index (κ1) is 11.6. The summed E-state index contributed by atoms with van der Waals surface area (Å²) in [5, 5.41) is 12.4. The van der Waals surface area contributed by atoms with Crippen LogP contribution in [-0.2, 0) is 0 Å². The Balaban J connectivity index is 1.95. The zero-order valence-electron chi connectivity index (χ0n) is 9.33. The zero-order chi connectivity index (χ0) is 12.8. The molecule has 18 heavy (non-hydrogen) atoms. The minimum absolute atomic E-state index is 0.201. The van der Waals surface area contributed by atoms with Crippen molar-refractivity contribution in [2.75, 3.05) is 0 Å². The number of hydrazone groups is 1. The van der Waals surface area contributed by atoms with E-state index in [9.17, 15) is 4.79 Å². The van der Waals surface area contributed by atoms with Gasteiger partial charge >= 0.3 is 5.91 Å². The molecule has 1 aromatic carbocycles. The Labute approximate surface area is 103 Å². The fraction of sp³-hybridized carbons (Fsp3) is 0. The van der Waals surface area contributed by atoms with E-state index in [2.05, 4.69) is 10.5 Å². The van der Waals surface area contributed by atoms with Crippen molar-refractivity contribution in [1.82, 2.24) is 5.43 Å². The number of carbonyl (C=O) groups is 1. The molecule has 0 atom stereocenters. The third-order valence-corrected chi connectivity index (χ3v) is 2.16. The van der Waals surface area contributed by atoms with Gasteiger partial charge in [0.2, 0.25) is 0 Å². The average molecular weight is 239 g/mol. The molecule has 0 fully saturated rings. The lowest BCUT2D eigenvalue weighted by atomic mass is 10.2. The Morgan fingerprint density at radius 1 is 1.33 bits per heavy atom. The lowest BCUT2D eigenvalue weighted by Gasteiger charge is -1.95. The molecule has 0 radical (unpaired) electrons. The molecule has 0 bridgehead atoms. The second kappa shape index (κ2) is 5.46. The van der Waals surface area contributed by atoms with Crippen molar-refractivity contribution in [3.63, 3.8) is 0 Å². The lowest BCUT2D eigenvalue weighted by Crippen LogP contribution is -2.16. The van der Waals surface area contributed by atoms with E-state index in [0.29, 0.717) is 5.56 Å². The van der Waals surface area contributed by atoms with E-state index in [1.165, 1.54) is 12.5 Å². The number of furan rings is 1. The highest BCUT2D eigenvalue weighted by Crippen LogP contribution is 2.01. The van der Waals surface area contributed by atoms with Crippen LogP contribution < -0.4 is 5.43 Å². The molecule has 0 aliphatic heterocycles. The van der Waals surface area contributed by atoms with Crippen molar-refractivity contribution in [1.29, 1.82) is 5.26 Å². The maximum atomic E-state index is 11.4. The molecule has 0 unspecified atom stereocenters. The number of hydrogen-bond donors (Lipinski definition) is 1. The van der Waals surface area contributed by atoms with E-state index in [0.717, 1.165) is 5.56 Å². The van der Waals surface area contributed by atoms with Crippen LogP contribution in [0.3, 0.4) is 0 Å². The summed E-state index contributed by atoms with van der Waals surface area (Å²) in [5.41, 5.74) is 3.70. The summed E-state index contributed by atoms with van der Waals surface area (Å²) in [7, 11) is 0. The van der Waals surface area contributed by atoms with Crippen LogP contribution in [0.25, 0.3) is 0 Å². The second-order valence-electron chi connectivity index (χ2n) is 3.41. The van der Waals surface area contributed by atoms with Gasteiger partial charge in [0, 0.05) is 0 Å². The number of nitriles is 1. The fourth-order valence-electron chi connectivity index (χ4n) is 1.27. The lowest BCUT2D eigenvalue weighted by molar-refractivity contribution is 0.0927. The largest absolute Gasteiger partial charge is 0.459 e. The monoisotopic (exact) mass is 239 g/mol. The summed E-state index contributed by atoms with van der Waals surface area (Å²) < 4.78 is 4.91. The molecule has 2 rings (SSSR count). The van der Waals surface area contributed by atoms with Crippen LogP contribution in [0.2, 0.25) is 0 Å². The Hall–Kier alpha value is -2.87. The number of hydrogen-bond acceptors (Lipinski definition) is 4. The standard InChI is InChI=1S/C13H9N3O2/c14-8-10-3-5-11(6-4-10)9-15-16-13(17)12-2-1-7-18-12/h1-7,9H,(H,16,17)/b15-9+. The molecule has 1 heterocycles. The summed E-state index contributed by atoms with van der Waals surface area (Å²) in [6.45, 7) is 0. The van der Waals surface area contributed by atoms with Gasteiger partial charge in [0.1, 0.15) is 0 Å². The fourth-order valence-corrected chi connectivity index (χ4v) is 1.27. The highest BCUT2D eigenvalue weighted by Gasteiger charge is 2.05. The molecule has 88 valence electrons. The van der Waals surface area contributed by atoms with Gasteiger partial charge in [-0.3, -0.25) is 4.79 Å². The van der Waals surface area contributed by atoms with Crippen molar-refractivity contribution in [2.45, 2.75) is 0 Å². The van der Waals surface area contributed by atoms with Crippen molar-refractivity contribution < 1.29 is 9.21 Å². The third kappa shape index (κ3) is 2.83. The first-order chi connectivity index (χ1) is 8.79. The predicted octanol–water partition coefficient (Wildman–Crippen LogP) is 1.92. The van der Waals surface area contributed by atoms with Crippen molar-refractivity contribution in [2.24, 2.45) is 5.10 Å². The van der Waals surface area contributed by atoms with Crippen LogP contribution >= 0.6 is 0 Å². The van der Waals surface area contributed by atoms with E-state index in [1.807, 2.05) is 6.07 Å². The normalized spacial score (nSPS) is 10.2. The van der Waals surface area contributed by atoms with Crippen LogP contribution in [-0.4, -0.2) is 12.1 Å². The molecule has 1 N–H and O–H groups in total. The Morgan fingerprint density at radius 2 is 2.11 bits per heavy atom. The first-order valence-corrected chi connectivity index (χ1v) is 5.16. The summed E-state index contributed by atoms with van der Waals surface area (Å²) in [6, 6.07) is 12.0. The minimum atomic E-state index is -0.412. The highest BCUT2D eigenvalue weighted by molar-refractivity contribution is 5.92. The van der Waals surface area contributed by atoms with Gasteiger partial charge in [0.05, 0.1) is 24.1 Å². The topological polar surface area (TPSA) is 78.4 Å². The van der Waals surface area contributed by atoms with Gasteiger partial charge in [-0.2, -0.15) is 10.4 Å². The summed E-state index contributed by atoms with van der Waals surface area (Å²) in [4.78, 5) is 11.4. The molecule has 5 heteroatoms. The maximum absolute atomic E-state index is 11.4. The van der Waals surface area contributed by atoms with Crippen molar-refractivity contribution >= 4 is 12.1 Å². The average Bonchev–Trinajstić information content (AvgIpc) is 2.93. The molecule has 1 aromatic heterocycles. The van der Waals surface area contributed by atoms with Gasteiger partial charge in [-0.05, 0) is 29.8 Å². The van der Waals surface area contributed by atoms with Crippen LogP contribution in [0.1, 0.15) is 21.7 Å². The SMILES string of the molecule is N#Cc1ccc(/C=N/NC(=O)c2ccco2)cc1.